The number of rotatable bonds is 6. The number of fused-ring (bicyclic) bond motifs is 1. The van der Waals surface area contributed by atoms with Crippen molar-refractivity contribution in [3.05, 3.63) is 74.8 Å². The summed E-state index contributed by atoms with van der Waals surface area (Å²) in [4.78, 5) is 60.1. The van der Waals surface area contributed by atoms with Crippen LogP contribution in [0.5, 0.6) is 0 Å². The molecule has 28 heavy (non-hydrogen) atoms. The molecule has 0 aromatic heterocycles. The Morgan fingerprint density at radius 1 is 1.04 bits per heavy atom. The normalized spacial score (nSPS) is 12.7. The maximum Gasteiger partial charge on any atom is 0.303 e. The highest BCUT2D eigenvalue weighted by molar-refractivity contribution is 6.21. The number of nitro benzene ring substituents is 1. The molecule has 1 aliphatic rings. The molecule has 0 spiro atoms. The van der Waals surface area contributed by atoms with Crippen LogP contribution in [0.4, 0.5) is 5.69 Å². The number of ether oxygens (including phenoxy) is 1. The third-order valence-corrected chi connectivity index (χ3v) is 4.22. The van der Waals surface area contributed by atoms with Crippen molar-refractivity contribution in [3.63, 3.8) is 0 Å². The van der Waals surface area contributed by atoms with Gasteiger partial charge in [0.05, 0.1) is 22.6 Å². The van der Waals surface area contributed by atoms with Gasteiger partial charge in [0, 0.05) is 13.0 Å². The highest BCUT2D eigenvalue weighted by atomic mass is 16.6. The lowest BCUT2D eigenvalue weighted by Gasteiger charge is -2.16. The predicted octanol–water partition coefficient (Wildman–Crippen LogP) is 2.14. The number of ketones is 1. The molecule has 0 aliphatic carbocycles. The average Bonchev–Trinajstić information content (AvgIpc) is 2.91. The minimum absolute atomic E-state index is 0.112. The Bertz CT molecular complexity index is 994. The van der Waals surface area contributed by atoms with Gasteiger partial charge in [-0.15, -0.1) is 0 Å². The van der Waals surface area contributed by atoms with Crippen LogP contribution >= 0.6 is 0 Å². The third-order valence-electron chi connectivity index (χ3n) is 4.22. The van der Waals surface area contributed by atoms with Gasteiger partial charge in [0.1, 0.15) is 5.56 Å². The number of amides is 2. The van der Waals surface area contributed by atoms with Crippen molar-refractivity contribution in [1.82, 2.24) is 4.90 Å². The van der Waals surface area contributed by atoms with Crippen LogP contribution in [0, 0.1) is 10.1 Å². The first-order valence-corrected chi connectivity index (χ1v) is 8.19. The van der Waals surface area contributed by atoms with Crippen LogP contribution in [0.2, 0.25) is 0 Å². The summed E-state index contributed by atoms with van der Waals surface area (Å²) < 4.78 is 4.65. The molecule has 3 rings (SSSR count). The number of imide groups is 1. The maximum absolute atomic E-state index is 12.5. The van der Waals surface area contributed by atoms with Crippen molar-refractivity contribution in [2.45, 2.75) is 13.5 Å². The monoisotopic (exact) mass is 382 g/mol. The second-order valence-electron chi connectivity index (χ2n) is 6.01. The Kier molecular flexibility index (Phi) is 4.99. The summed E-state index contributed by atoms with van der Waals surface area (Å²) in [5, 5.41) is 11.4. The van der Waals surface area contributed by atoms with Crippen molar-refractivity contribution in [2.24, 2.45) is 0 Å². The third kappa shape index (κ3) is 3.37. The molecule has 9 nitrogen and oxygen atoms in total. The molecule has 0 saturated heterocycles. The number of hydrogen-bond donors (Lipinski definition) is 0. The number of carbonyl (C=O) groups is 4. The Labute approximate surface area is 158 Å². The Hall–Kier alpha value is -3.88. The first-order chi connectivity index (χ1) is 13.3. The molecule has 0 fully saturated rings. The Morgan fingerprint density at radius 2 is 1.64 bits per heavy atom. The van der Waals surface area contributed by atoms with Crippen molar-refractivity contribution >= 4 is 29.3 Å². The van der Waals surface area contributed by atoms with Crippen LogP contribution in [0.15, 0.2) is 42.5 Å². The molecule has 0 saturated carbocycles. The zero-order chi connectivity index (χ0) is 20.4. The quantitative estimate of drug-likeness (QED) is 0.246. The summed E-state index contributed by atoms with van der Waals surface area (Å²) in [6, 6.07) is 10.2. The van der Waals surface area contributed by atoms with Crippen molar-refractivity contribution in [3.8, 4) is 0 Å². The van der Waals surface area contributed by atoms with E-state index < -0.39 is 40.8 Å². The van der Waals surface area contributed by atoms with E-state index in [0.717, 1.165) is 17.9 Å². The Balaban J connectivity index is 1.99. The standard InChI is InChI=1S/C19H14N2O7/c1-11(22)28-10-16(23)17-12(5-4-8-15(17)21(26)27)9-20-18(24)13-6-2-3-7-14(13)19(20)25/h2-8H,9-10H2,1H3. The van der Waals surface area contributed by atoms with Gasteiger partial charge in [0.25, 0.3) is 17.5 Å². The molecule has 1 heterocycles. The van der Waals surface area contributed by atoms with Crippen molar-refractivity contribution in [1.29, 1.82) is 0 Å². The summed E-state index contributed by atoms with van der Waals surface area (Å²) in [6.07, 6.45) is 0. The predicted molar refractivity (Wildman–Crippen MR) is 94.7 cm³/mol. The lowest BCUT2D eigenvalue weighted by Crippen LogP contribution is -2.30. The molecule has 9 heteroatoms. The Morgan fingerprint density at radius 3 is 2.18 bits per heavy atom. The van der Waals surface area contributed by atoms with Crippen LogP contribution in [-0.4, -0.2) is 40.0 Å². The van der Waals surface area contributed by atoms with Gasteiger partial charge in [0.15, 0.2) is 6.61 Å². The summed E-state index contributed by atoms with van der Waals surface area (Å²) in [5.41, 5.74) is -0.228. The van der Waals surface area contributed by atoms with E-state index in [4.69, 9.17) is 0 Å². The number of hydrogen-bond acceptors (Lipinski definition) is 7. The minimum atomic E-state index is -0.797. The van der Waals surface area contributed by atoms with Crippen LogP contribution < -0.4 is 0 Å². The number of nitro groups is 1. The number of nitrogens with zero attached hydrogens (tertiary/aromatic N) is 2. The van der Waals surface area contributed by atoms with Gasteiger partial charge in [-0.25, -0.2) is 0 Å². The molecule has 2 amide bonds. The fourth-order valence-electron chi connectivity index (χ4n) is 2.98. The van der Waals surface area contributed by atoms with Crippen LogP contribution in [0.25, 0.3) is 0 Å². The fourth-order valence-corrected chi connectivity index (χ4v) is 2.98. The van der Waals surface area contributed by atoms with E-state index >= 15 is 0 Å². The topological polar surface area (TPSA) is 124 Å². The molecular formula is C19H14N2O7. The second-order valence-corrected chi connectivity index (χ2v) is 6.01. The second kappa shape index (κ2) is 7.39. The summed E-state index contributed by atoms with van der Waals surface area (Å²) >= 11 is 0. The van der Waals surface area contributed by atoms with Crippen molar-refractivity contribution in [2.75, 3.05) is 6.61 Å². The lowest BCUT2D eigenvalue weighted by atomic mass is 10.0. The zero-order valence-electron chi connectivity index (χ0n) is 14.7. The molecular weight excluding hydrogens is 368 g/mol. The van der Waals surface area contributed by atoms with E-state index in [1.165, 1.54) is 24.3 Å². The van der Waals surface area contributed by atoms with Gasteiger partial charge in [-0.05, 0) is 17.7 Å². The van der Waals surface area contributed by atoms with E-state index in [1.807, 2.05) is 0 Å². The molecule has 1 aliphatic heterocycles. The fraction of sp³-hybridized carbons (Fsp3) is 0.158. The summed E-state index contributed by atoms with van der Waals surface area (Å²) in [7, 11) is 0. The van der Waals surface area contributed by atoms with Crippen molar-refractivity contribution < 1.29 is 28.8 Å². The van der Waals surface area contributed by atoms with Crippen LogP contribution in [0.3, 0.4) is 0 Å². The summed E-state index contributed by atoms with van der Waals surface area (Å²) in [6.45, 7) is 0.0941. The zero-order valence-corrected chi connectivity index (χ0v) is 14.7. The van der Waals surface area contributed by atoms with E-state index in [2.05, 4.69) is 4.74 Å². The molecule has 2 aromatic carbocycles. The largest absolute Gasteiger partial charge is 0.457 e. The molecule has 2 aromatic rings. The number of carbonyl (C=O) groups excluding carboxylic acids is 4. The van der Waals surface area contributed by atoms with E-state index in [0.29, 0.717) is 0 Å². The molecule has 0 unspecified atom stereocenters. The number of esters is 1. The molecule has 0 N–H and O–H groups in total. The molecule has 0 radical (unpaired) electrons. The molecule has 142 valence electrons. The first kappa shape index (κ1) is 18.9. The van der Waals surface area contributed by atoms with Gasteiger partial charge < -0.3 is 4.74 Å². The maximum atomic E-state index is 12.5. The SMILES string of the molecule is CC(=O)OCC(=O)c1c(CN2C(=O)c3ccccc3C2=O)cccc1[N+](=O)[O-]. The first-order valence-electron chi connectivity index (χ1n) is 8.19. The van der Waals surface area contributed by atoms with E-state index in [-0.39, 0.29) is 28.8 Å². The minimum Gasteiger partial charge on any atom is -0.457 e. The van der Waals surface area contributed by atoms with Gasteiger partial charge in [-0.3, -0.25) is 34.2 Å². The highest BCUT2D eigenvalue weighted by Gasteiger charge is 2.36. The summed E-state index contributed by atoms with van der Waals surface area (Å²) in [5.74, 6) is -2.61. The molecule has 0 bridgehead atoms. The lowest BCUT2D eigenvalue weighted by molar-refractivity contribution is -0.385. The van der Waals surface area contributed by atoms with Gasteiger partial charge >= 0.3 is 5.97 Å². The average molecular weight is 382 g/mol. The van der Waals surface area contributed by atoms with Crippen LogP contribution in [-0.2, 0) is 16.1 Å². The number of Topliss-reactive ketones (excluding diaryl/α,β-unsaturated/α-hetero) is 1. The highest BCUT2D eigenvalue weighted by Crippen LogP contribution is 2.28. The van der Waals surface area contributed by atoms with Crippen LogP contribution in [0.1, 0.15) is 43.6 Å². The molecule has 0 atom stereocenters. The van der Waals surface area contributed by atoms with E-state index in [1.54, 1.807) is 12.1 Å². The van der Waals surface area contributed by atoms with Gasteiger partial charge in [0.2, 0.25) is 5.78 Å². The van der Waals surface area contributed by atoms with Gasteiger partial charge in [-0.2, -0.15) is 0 Å². The van der Waals surface area contributed by atoms with Gasteiger partial charge in [-0.1, -0.05) is 24.3 Å². The van der Waals surface area contributed by atoms with E-state index in [9.17, 15) is 29.3 Å². The number of benzene rings is 2. The smallest absolute Gasteiger partial charge is 0.303 e.